The Balaban J connectivity index is 2.96. The van der Waals surface area contributed by atoms with E-state index in [0.717, 1.165) is 10.0 Å². The molecule has 0 aliphatic heterocycles. The average Bonchev–Trinajstić information content (AvgIpc) is 2.20. The van der Waals surface area contributed by atoms with Crippen LogP contribution in [0.1, 0.15) is 15.9 Å². The van der Waals surface area contributed by atoms with Crippen LogP contribution >= 0.6 is 28.1 Å². The van der Waals surface area contributed by atoms with Gasteiger partial charge in [-0.15, -0.1) is 0 Å². The van der Waals surface area contributed by atoms with Crippen LogP contribution in [0.25, 0.3) is 0 Å². The summed E-state index contributed by atoms with van der Waals surface area (Å²) in [6.07, 6.45) is 0. The summed E-state index contributed by atoms with van der Waals surface area (Å²) in [6, 6.07) is 5.52. The Morgan fingerprint density at radius 2 is 2.19 bits per heavy atom. The van der Waals surface area contributed by atoms with Gasteiger partial charge < -0.3 is 10.6 Å². The number of thiocarbonyl (C=S) groups is 1. The number of nitrogens with zero attached hydrogens (tertiary/aromatic N) is 1. The van der Waals surface area contributed by atoms with Gasteiger partial charge in [-0.2, -0.15) is 0 Å². The number of likely N-dealkylation sites (N-methyl/N-ethyl adjacent to an activating group) is 1. The van der Waals surface area contributed by atoms with Crippen molar-refractivity contribution in [3.63, 3.8) is 0 Å². The zero-order valence-electron chi connectivity index (χ0n) is 9.16. The molecule has 1 amide bonds. The van der Waals surface area contributed by atoms with Crippen LogP contribution in [0.2, 0.25) is 0 Å². The smallest absolute Gasteiger partial charge is 0.254 e. The number of benzene rings is 1. The van der Waals surface area contributed by atoms with Crippen LogP contribution in [0.15, 0.2) is 22.7 Å². The van der Waals surface area contributed by atoms with Crippen LogP contribution in [0.5, 0.6) is 0 Å². The molecule has 0 unspecified atom stereocenters. The predicted molar refractivity (Wildman–Crippen MR) is 72.6 cm³/mol. The van der Waals surface area contributed by atoms with Crippen molar-refractivity contribution in [1.82, 2.24) is 4.90 Å². The van der Waals surface area contributed by atoms with Gasteiger partial charge in [0.1, 0.15) is 0 Å². The van der Waals surface area contributed by atoms with Crippen LogP contribution < -0.4 is 5.73 Å². The van der Waals surface area contributed by atoms with E-state index in [-0.39, 0.29) is 5.91 Å². The molecular formula is C11H13BrN2OS. The molecule has 86 valence electrons. The van der Waals surface area contributed by atoms with Crippen LogP contribution in [0, 0.1) is 6.92 Å². The maximum absolute atomic E-state index is 12.0. The predicted octanol–water partition coefficient (Wildman–Crippen LogP) is 2.12. The first-order valence-electron chi connectivity index (χ1n) is 4.72. The minimum Gasteiger partial charge on any atom is -0.392 e. The quantitative estimate of drug-likeness (QED) is 0.870. The fraction of sp³-hybridized carbons (Fsp3) is 0.273. The molecule has 0 aliphatic rings. The Kier molecular flexibility index (Phi) is 4.44. The normalized spacial score (nSPS) is 9.94. The standard InChI is InChI=1S/C11H13BrN2OS/c1-7-8(4-3-5-9(7)12)11(15)14(2)6-10(13)16/h3-5H,6H2,1-2H3,(H2,13,16). The molecule has 1 aromatic rings. The lowest BCUT2D eigenvalue weighted by atomic mass is 10.1. The van der Waals surface area contributed by atoms with E-state index >= 15 is 0 Å². The van der Waals surface area contributed by atoms with E-state index in [1.807, 2.05) is 19.1 Å². The zero-order chi connectivity index (χ0) is 12.3. The molecule has 0 radical (unpaired) electrons. The van der Waals surface area contributed by atoms with Crippen molar-refractivity contribution in [3.8, 4) is 0 Å². The van der Waals surface area contributed by atoms with Crippen molar-refractivity contribution >= 4 is 39.0 Å². The molecule has 0 aliphatic carbocycles. The van der Waals surface area contributed by atoms with E-state index in [4.69, 9.17) is 18.0 Å². The van der Waals surface area contributed by atoms with Crippen LogP contribution in [0.4, 0.5) is 0 Å². The van der Waals surface area contributed by atoms with Gasteiger partial charge in [-0.05, 0) is 24.6 Å². The summed E-state index contributed by atoms with van der Waals surface area (Å²) in [5, 5.41) is 0. The van der Waals surface area contributed by atoms with Gasteiger partial charge in [-0.25, -0.2) is 0 Å². The molecule has 16 heavy (non-hydrogen) atoms. The molecule has 0 heterocycles. The summed E-state index contributed by atoms with van der Waals surface area (Å²) in [6.45, 7) is 2.19. The highest BCUT2D eigenvalue weighted by atomic mass is 79.9. The van der Waals surface area contributed by atoms with Gasteiger partial charge in [-0.3, -0.25) is 4.79 Å². The topological polar surface area (TPSA) is 46.3 Å². The molecule has 5 heteroatoms. The first-order valence-corrected chi connectivity index (χ1v) is 5.92. The number of carbonyl (C=O) groups excluding carboxylic acids is 1. The minimum absolute atomic E-state index is 0.0772. The summed E-state index contributed by atoms with van der Waals surface area (Å²) >= 11 is 8.17. The summed E-state index contributed by atoms with van der Waals surface area (Å²) in [7, 11) is 1.68. The highest BCUT2D eigenvalue weighted by Crippen LogP contribution is 2.20. The van der Waals surface area contributed by atoms with Crippen molar-refractivity contribution in [2.75, 3.05) is 13.6 Å². The van der Waals surface area contributed by atoms with Gasteiger partial charge in [0.2, 0.25) is 0 Å². The third kappa shape index (κ3) is 3.02. The molecule has 0 saturated carbocycles. The van der Waals surface area contributed by atoms with Crippen molar-refractivity contribution in [2.24, 2.45) is 5.73 Å². The van der Waals surface area contributed by atoms with Crippen molar-refractivity contribution in [2.45, 2.75) is 6.92 Å². The van der Waals surface area contributed by atoms with E-state index in [1.54, 1.807) is 13.1 Å². The number of halogens is 1. The molecule has 0 fully saturated rings. The first kappa shape index (κ1) is 13.1. The minimum atomic E-state index is -0.0772. The fourth-order valence-electron chi connectivity index (χ4n) is 1.35. The van der Waals surface area contributed by atoms with Crippen LogP contribution in [0.3, 0.4) is 0 Å². The summed E-state index contributed by atoms with van der Waals surface area (Å²) < 4.78 is 0.919. The van der Waals surface area contributed by atoms with Crippen LogP contribution in [-0.4, -0.2) is 29.4 Å². The summed E-state index contributed by atoms with van der Waals surface area (Å²) in [5.41, 5.74) is 6.98. The molecule has 0 bridgehead atoms. The van der Waals surface area contributed by atoms with Crippen molar-refractivity contribution in [3.05, 3.63) is 33.8 Å². The van der Waals surface area contributed by atoms with Gasteiger partial charge in [0.05, 0.1) is 11.5 Å². The maximum Gasteiger partial charge on any atom is 0.254 e. The molecule has 1 aromatic carbocycles. The number of hydrogen-bond donors (Lipinski definition) is 1. The zero-order valence-corrected chi connectivity index (χ0v) is 11.6. The highest BCUT2D eigenvalue weighted by molar-refractivity contribution is 9.10. The van der Waals surface area contributed by atoms with Gasteiger partial charge in [0.25, 0.3) is 5.91 Å². The molecule has 0 atom stereocenters. The SMILES string of the molecule is Cc1c(Br)cccc1C(=O)N(C)CC(N)=S. The summed E-state index contributed by atoms with van der Waals surface area (Å²) in [5.74, 6) is -0.0772. The molecule has 0 saturated heterocycles. The molecule has 3 nitrogen and oxygen atoms in total. The third-order valence-electron chi connectivity index (χ3n) is 2.24. The number of hydrogen-bond acceptors (Lipinski definition) is 2. The van der Waals surface area contributed by atoms with Gasteiger partial charge in [-0.1, -0.05) is 34.2 Å². The largest absolute Gasteiger partial charge is 0.392 e. The molecule has 1 rings (SSSR count). The number of rotatable bonds is 3. The molecule has 0 spiro atoms. The monoisotopic (exact) mass is 300 g/mol. The summed E-state index contributed by atoms with van der Waals surface area (Å²) in [4.78, 5) is 13.9. The Hall–Kier alpha value is -0.940. The third-order valence-corrected chi connectivity index (χ3v) is 3.23. The lowest BCUT2D eigenvalue weighted by molar-refractivity contribution is 0.0814. The highest BCUT2D eigenvalue weighted by Gasteiger charge is 2.15. The van der Waals surface area contributed by atoms with Crippen molar-refractivity contribution < 1.29 is 4.79 Å². The van der Waals surface area contributed by atoms with Gasteiger partial charge in [0.15, 0.2) is 0 Å². The first-order chi connectivity index (χ1) is 7.43. The van der Waals surface area contributed by atoms with E-state index in [1.165, 1.54) is 4.90 Å². The van der Waals surface area contributed by atoms with E-state index in [0.29, 0.717) is 17.1 Å². The van der Waals surface area contributed by atoms with E-state index in [2.05, 4.69) is 15.9 Å². The Morgan fingerprint density at radius 1 is 1.56 bits per heavy atom. The molecule has 0 aromatic heterocycles. The lowest BCUT2D eigenvalue weighted by Crippen LogP contribution is -2.34. The maximum atomic E-state index is 12.0. The number of nitrogens with two attached hydrogens (primary N) is 1. The molecule has 2 N–H and O–H groups in total. The Morgan fingerprint density at radius 3 is 2.75 bits per heavy atom. The van der Waals surface area contributed by atoms with Crippen LogP contribution in [-0.2, 0) is 0 Å². The van der Waals surface area contributed by atoms with Gasteiger partial charge >= 0.3 is 0 Å². The Bertz CT molecular complexity index is 434. The Labute approximate surface area is 109 Å². The van der Waals surface area contributed by atoms with E-state index in [9.17, 15) is 4.79 Å². The average molecular weight is 301 g/mol. The second-order valence-corrected chi connectivity index (χ2v) is 4.92. The molecular weight excluding hydrogens is 288 g/mol. The van der Waals surface area contributed by atoms with Gasteiger partial charge in [0, 0.05) is 17.1 Å². The van der Waals surface area contributed by atoms with E-state index < -0.39 is 0 Å². The van der Waals surface area contributed by atoms with Crippen molar-refractivity contribution in [1.29, 1.82) is 0 Å². The second-order valence-electron chi connectivity index (χ2n) is 3.54. The number of carbonyl (C=O) groups is 1. The number of amides is 1. The fourth-order valence-corrected chi connectivity index (χ4v) is 1.91. The lowest BCUT2D eigenvalue weighted by Gasteiger charge is -2.17. The second kappa shape index (κ2) is 5.41.